The van der Waals surface area contributed by atoms with E-state index in [1.54, 1.807) is 14.2 Å². The Bertz CT molecular complexity index is 1020. The number of anilines is 1. The highest BCUT2D eigenvalue weighted by Crippen LogP contribution is 2.42. The van der Waals surface area contributed by atoms with Crippen LogP contribution in [-0.4, -0.2) is 51.3 Å². The van der Waals surface area contributed by atoms with Crippen LogP contribution in [-0.2, 0) is 4.74 Å². The van der Waals surface area contributed by atoms with E-state index in [1.165, 1.54) is 11.3 Å². The van der Waals surface area contributed by atoms with Gasteiger partial charge in [-0.2, -0.15) is 0 Å². The summed E-state index contributed by atoms with van der Waals surface area (Å²) in [6.45, 7) is 2.33. The van der Waals surface area contributed by atoms with Gasteiger partial charge >= 0.3 is 0 Å². The fraction of sp³-hybridized carbons (Fsp3) is 0.286. The first kappa shape index (κ1) is 18.6. The van der Waals surface area contributed by atoms with Crippen molar-refractivity contribution < 1.29 is 19.0 Å². The van der Waals surface area contributed by atoms with E-state index in [-0.39, 0.29) is 5.91 Å². The van der Waals surface area contributed by atoms with Crippen molar-refractivity contribution >= 4 is 33.0 Å². The fourth-order valence-electron chi connectivity index (χ4n) is 3.45. The van der Waals surface area contributed by atoms with Gasteiger partial charge in [0.25, 0.3) is 5.91 Å². The third kappa shape index (κ3) is 3.27. The van der Waals surface area contributed by atoms with Gasteiger partial charge < -0.3 is 24.8 Å². The molecule has 1 aromatic heterocycles. The molecule has 3 aromatic rings. The molecular weight excluding hydrogens is 376 g/mol. The summed E-state index contributed by atoms with van der Waals surface area (Å²) < 4.78 is 17.2. The van der Waals surface area contributed by atoms with Crippen molar-refractivity contribution in [3.05, 3.63) is 41.3 Å². The molecule has 1 saturated heterocycles. The van der Waals surface area contributed by atoms with Crippen LogP contribution in [0.4, 0.5) is 5.69 Å². The van der Waals surface area contributed by atoms with Crippen molar-refractivity contribution in [1.29, 1.82) is 0 Å². The van der Waals surface area contributed by atoms with Crippen LogP contribution in [0.15, 0.2) is 36.4 Å². The molecule has 0 spiro atoms. The molecule has 1 aliphatic rings. The smallest absolute Gasteiger partial charge is 0.264 e. The molecule has 1 fully saturated rings. The molecule has 28 heavy (non-hydrogen) atoms. The van der Waals surface area contributed by atoms with Crippen LogP contribution < -0.4 is 15.2 Å². The zero-order valence-corrected chi connectivity index (χ0v) is 16.7. The van der Waals surface area contributed by atoms with E-state index in [0.717, 1.165) is 21.2 Å². The number of amides is 1. The van der Waals surface area contributed by atoms with Crippen LogP contribution in [0, 0.1) is 0 Å². The average molecular weight is 398 g/mol. The van der Waals surface area contributed by atoms with E-state index in [9.17, 15) is 4.79 Å². The number of nitrogen functional groups attached to an aromatic ring is 1. The normalized spacial score (nSPS) is 14.3. The van der Waals surface area contributed by atoms with Crippen LogP contribution in [0.5, 0.6) is 11.5 Å². The van der Waals surface area contributed by atoms with E-state index in [1.807, 2.05) is 41.3 Å². The summed E-state index contributed by atoms with van der Waals surface area (Å²) in [6, 6.07) is 11.5. The molecule has 1 aliphatic heterocycles. The topological polar surface area (TPSA) is 74.0 Å². The van der Waals surface area contributed by atoms with Gasteiger partial charge in [0.2, 0.25) is 0 Å². The Labute approximate surface area is 167 Å². The van der Waals surface area contributed by atoms with E-state index in [0.29, 0.717) is 48.4 Å². The first-order chi connectivity index (χ1) is 13.6. The van der Waals surface area contributed by atoms with Gasteiger partial charge in [0.1, 0.15) is 4.88 Å². The van der Waals surface area contributed by atoms with Gasteiger partial charge in [-0.3, -0.25) is 4.79 Å². The minimum absolute atomic E-state index is 0.0212. The lowest BCUT2D eigenvalue weighted by Gasteiger charge is -2.26. The monoisotopic (exact) mass is 398 g/mol. The van der Waals surface area contributed by atoms with Crippen molar-refractivity contribution in [1.82, 2.24) is 4.90 Å². The number of nitrogens with two attached hydrogens (primary N) is 1. The number of hydrogen-bond acceptors (Lipinski definition) is 6. The van der Waals surface area contributed by atoms with Crippen molar-refractivity contribution in [3.8, 4) is 22.6 Å². The number of nitrogens with zero attached hydrogens (tertiary/aromatic N) is 1. The van der Waals surface area contributed by atoms with Crippen LogP contribution in [0.3, 0.4) is 0 Å². The number of methoxy groups -OCH3 is 2. The molecule has 0 unspecified atom stereocenters. The van der Waals surface area contributed by atoms with Gasteiger partial charge in [-0.1, -0.05) is 6.07 Å². The standard InChI is InChI=1S/C21H22N2O4S/c1-25-16-5-3-13(11-17(16)26-2)19-15-12-14(22)4-6-18(15)28-20(19)21(24)23-7-9-27-10-8-23/h3-6,11-12H,7-10,22H2,1-2H3. The lowest BCUT2D eigenvalue weighted by Crippen LogP contribution is -2.40. The summed E-state index contributed by atoms with van der Waals surface area (Å²) in [5.74, 6) is 1.28. The summed E-state index contributed by atoms with van der Waals surface area (Å²) in [4.78, 5) is 15.9. The van der Waals surface area contributed by atoms with Gasteiger partial charge in [-0.25, -0.2) is 0 Å². The zero-order valence-electron chi connectivity index (χ0n) is 15.9. The number of morpholine rings is 1. The summed E-state index contributed by atoms with van der Waals surface area (Å²) in [5.41, 5.74) is 8.49. The van der Waals surface area contributed by atoms with Crippen LogP contribution >= 0.6 is 11.3 Å². The molecular formula is C21H22N2O4S. The molecule has 4 rings (SSSR count). The highest BCUT2D eigenvalue weighted by Gasteiger charge is 2.26. The van der Waals surface area contributed by atoms with Gasteiger partial charge in [0.05, 0.1) is 27.4 Å². The second-order valence-electron chi connectivity index (χ2n) is 6.54. The van der Waals surface area contributed by atoms with E-state index in [4.69, 9.17) is 19.9 Å². The van der Waals surface area contributed by atoms with Crippen molar-refractivity contribution in [2.75, 3.05) is 46.3 Å². The number of ether oxygens (including phenoxy) is 3. The molecule has 2 N–H and O–H groups in total. The summed E-state index contributed by atoms with van der Waals surface area (Å²) in [7, 11) is 3.21. The summed E-state index contributed by atoms with van der Waals surface area (Å²) >= 11 is 1.49. The third-order valence-corrected chi connectivity index (χ3v) is 6.04. The van der Waals surface area contributed by atoms with Gasteiger partial charge in [-0.15, -0.1) is 11.3 Å². The quantitative estimate of drug-likeness (QED) is 0.679. The predicted molar refractivity (Wildman–Crippen MR) is 111 cm³/mol. The van der Waals surface area contributed by atoms with Gasteiger partial charge in [-0.05, 0) is 35.9 Å². The Hall–Kier alpha value is -2.77. The van der Waals surface area contributed by atoms with E-state index in [2.05, 4.69) is 0 Å². The number of rotatable bonds is 4. The highest BCUT2D eigenvalue weighted by atomic mass is 32.1. The molecule has 0 saturated carbocycles. The lowest BCUT2D eigenvalue weighted by atomic mass is 10.0. The van der Waals surface area contributed by atoms with Crippen molar-refractivity contribution in [3.63, 3.8) is 0 Å². The molecule has 0 aliphatic carbocycles. The Balaban J connectivity index is 1.90. The number of hydrogen-bond donors (Lipinski definition) is 1. The predicted octanol–water partition coefficient (Wildman–Crippen LogP) is 3.64. The Morgan fingerprint density at radius 3 is 2.54 bits per heavy atom. The number of fused-ring (bicyclic) bond motifs is 1. The zero-order chi connectivity index (χ0) is 19.7. The van der Waals surface area contributed by atoms with Crippen molar-refractivity contribution in [2.24, 2.45) is 0 Å². The fourth-order valence-corrected chi connectivity index (χ4v) is 4.63. The molecule has 1 amide bonds. The maximum Gasteiger partial charge on any atom is 0.264 e. The van der Waals surface area contributed by atoms with Crippen LogP contribution in [0.25, 0.3) is 21.2 Å². The average Bonchev–Trinajstić information content (AvgIpc) is 3.11. The molecule has 6 nitrogen and oxygen atoms in total. The van der Waals surface area contributed by atoms with E-state index < -0.39 is 0 Å². The maximum absolute atomic E-state index is 13.3. The molecule has 0 bridgehead atoms. The molecule has 0 radical (unpaired) electrons. The number of carbonyl (C=O) groups excluding carboxylic acids is 1. The number of carbonyl (C=O) groups is 1. The highest BCUT2D eigenvalue weighted by molar-refractivity contribution is 7.21. The minimum atomic E-state index is 0.0212. The summed E-state index contributed by atoms with van der Waals surface area (Å²) in [6.07, 6.45) is 0. The minimum Gasteiger partial charge on any atom is -0.493 e. The number of benzene rings is 2. The maximum atomic E-state index is 13.3. The first-order valence-electron chi connectivity index (χ1n) is 9.04. The molecule has 0 atom stereocenters. The molecule has 146 valence electrons. The SMILES string of the molecule is COc1ccc(-c2c(C(=O)N3CCOCC3)sc3ccc(N)cc23)cc1OC. The molecule has 7 heteroatoms. The summed E-state index contributed by atoms with van der Waals surface area (Å²) in [5, 5.41) is 0.967. The second-order valence-corrected chi connectivity index (χ2v) is 7.59. The largest absolute Gasteiger partial charge is 0.493 e. The molecule has 2 aromatic carbocycles. The Morgan fingerprint density at radius 1 is 1.07 bits per heavy atom. The van der Waals surface area contributed by atoms with E-state index >= 15 is 0 Å². The van der Waals surface area contributed by atoms with Crippen LogP contribution in [0.2, 0.25) is 0 Å². The lowest BCUT2D eigenvalue weighted by molar-refractivity contribution is 0.0306. The first-order valence-corrected chi connectivity index (χ1v) is 9.85. The van der Waals surface area contributed by atoms with Crippen molar-refractivity contribution in [2.45, 2.75) is 0 Å². The Kier molecular flexibility index (Phi) is 5.11. The molecule has 2 heterocycles. The Morgan fingerprint density at radius 2 is 1.82 bits per heavy atom. The van der Waals surface area contributed by atoms with Gasteiger partial charge in [0, 0.05) is 34.4 Å². The number of thiophene rings is 1. The van der Waals surface area contributed by atoms with Crippen LogP contribution in [0.1, 0.15) is 9.67 Å². The van der Waals surface area contributed by atoms with Gasteiger partial charge in [0.15, 0.2) is 11.5 Å². The third-order valence-electron chi connectivity index (χ3n) is 4.88. The second kappa shape index (κ2) is 7.69.